The molecule has 146 valence electrons. The summed E-state index contributed by atoms with van der Waals surface area (Å²) in [6.45, 7) is 4.11. The van der Waals surface area contributed by atoms with E-state index in [1.165, 1.54) is 18.2 Å². The third kappa shape index (κ3) is 3.89. The average molecular weight is 394 g/mol. The summed E-state index contributed by atoms with van der Waals surface area (Å²) in [6, 6.07) is 5.59. The van der Waals surface area contributed by atoms with E-state index in [-0.39, 0.29) is 22.4 Å². The predicted octanol–water partition coefficient (Wildman–Crippen LogP) is 1.76. The van der Waals surface area contributed by atoms with Gasteiger partial charge in [-0.05, 0) is 38.8 Å². The van der Waals surface area contributed by atoms with Gasteiger partial charge in [0.15, 0.2) is 0 Å². The Labute approximate surface area is 158 Å². The van der Waals surface area contributed by atoms with Crippen molar-refractivity contribution in [1.29, 1.82) is 0 Å². The normalized spacial score (nSPS) is 15.9. The number of sulfonamides is 1. The van der Waals surface area contributed by atoms with E-state index in [0.717, 1.165) is 0 Å². The van der Waals surface area contributed by atoms with Gasteiger partial charge in [-0.2, -0.15) is 5.10 Å². The second-order valence-corrected chi connectivity index (χ2v) is 8.44. The first-order chi connectivity index (χ1) is 12.7. The van der Waals surface area contributed by atoms with Gasteiger partial charge in [0, 0.05) is 26.2 Å². The molecule has 1 amide bonds. The van der Waals surface area contributed by atoms with Crippen LogP contribution in [0, 0.1) is 19.7 Å². The van der Waals surface area contributed by atoms with Crippen molar-refractivity contribution in [3.63, 3.8) is 0 Å². The first-order valence-electron chi connectivity index (χ1n) is 8.77. The van der Waals surface area contributed by atoms with E-state index in [4.69, 9.17) is 0 Å². The lowest BCUT2D eigenvalue weighted by atomic mass is 10.0. The monoisotopic (exact) mass is 394 g/mol. The molecule has 2 heterocycles. The SMILES string of the molecule is Cc1nn(C)c(C)c1S(=O)(=O)NC1CCN(C(=O)c2ccccc2F)CC1. The van der Waals surface area contributed by atoms with E-state index in [9.17, 15) is 17.6 Å². The Kier molecular flexibility index (Phi) is 5.34. The number of hydrogen-bond donors (Lipinski definition) is 1. The maximum absolute atomic E-state index is 13.8. The van der Waals surface area contributed by atoms with Gasteiger partial charge >= 0.3 is 0 Å². The lowest BCUT2D eigenvalue weighted by Crippen LogP contribution is -2.46. The maximum Gasteiger partial charge on any atom is 0.256 e. The van der Waals surface area contributed by atoms with Gasteiger partial charge in [-0.1, -0.05) is 12.1 Å². The zero-order chi connectivity index (χ0) is 19.8. The zero-order valence-corrected chi connectivity index (χ0v) is 16.4. The van der Waals surface area contributed by atoms with Crippen molar-refractivity contribution >= 4 is 15.9 Å². The second kappa shape index (κ2) is 7.40. The highest BCUT2D eigenvalue weighted by atomic mass is 32.2. The summed E-state index contributed by atoms with van der Waals surface area (Å²) < 4.78 is 43.6. The predicted molar refractivity (Wildman–Crippen MR) is 98.3 cm³/mol. The van der Waals surface area contributed by atoms with E-state index in [1.54, 1.807) is 36.5 Å². The molecule has 1 aromatic heterocycles. The number of carbonyl (C=O) groups excluding carboxylic acids is 1. The Balaban J connectivity index is 1.66. The van der Waals surface area contributed by atoms with Crippen LogP contribution < -0.4 is 4.72 Å². The summed E-state index contributed by atoms with van der Waals surface area (Å²) >= 11 is 0. The minimum Gasteiger partial charge on any atom is -0.338 e. The summed E-state index contributed by atoms with van der Waals surface area (Å²) in [5, 5.41) is 4.16. The number of nitrogens with zero attached hydrogens (tertiary/aromatic N) is 3. The van der Waals surface area contributed by atoms with Crippen molar-refractivity contribution in [2.45, 2.75) is 37.6 Å². The molecule has 7 nitrogen and oxygen atoms in total. The van der Waals surface area contributed by atoms with Crippen LogP contribution in [0.25, 0.3) is 0 Å². The van der Waals surface area contributed by atoms with E-state index in [0.29, 0.717) is 37.3 Å². The molecule has 0 unspecified atom stereocenters. The molecule has 1 aromatic carbocycles. The third-order valence-electron chi connectivity index (χ3n) is 4.92. The molecule has 0 radical (unpaired) electrons. The van der Waals surface area contributed by atoms with Gasteiger partial charge in [0.25, 0.3) is 5.91 Å². The molecule has 0 atom stereocenters. The molecular formula is C18H23FN4O3S. The summed E-state index contributed by atoms with van der Waals surface area (Å²) in [4.78, 5) is 14.2. The van der Waals surface area contributed by atoms with Gasteiger partial charge < -0.3 is 4.90 Å². The van der Waals surface area contributed by atoms with E-state index >= 15 is 0 Å². The highest BCUT2D eigenvalue weighted by Gasteiger charge is 2.30. The number of nitrogens with one attached hydrogen (secondary N) is 1. The van der Waals surface area contributed by atoms with Crippen LogP contribution >= 0.6 is 0 Å². The first kappa shape index (κ1) is 19.5. The molecule has 3 rings (SSSR count). The lowest BCUT2D eigenvalue weighted by Gasteiger charge is -2.32. The standard InChI is InChI=1S/C18H23FN4O3S/c1-12-17(13(2)22(3)20-12)27(25,26)21-14-8-10-23(11-9-14)18(24)15-6-4-5-7-16(15)19/h4-7,14,21H,8-11H2,1-3H3. The van der Waals surface area contributed by atoms with E-state index < -0.39 is 15.8 Å². The van der Waals surface area contributed by atoms with Crippen molar-refractivity contribution in [1.82, 2.24) is 19.4 Å². The molecule has 1 aliphatic rings. The number of amides is 1. The summed E-state index contributed by atoms with van der Waals surface area (Å²) in [7, 11) is -1.99. The Morgan fingerprint density at radius 3 is 2.41 bits per heavy atom. The number of carbonyl (C=O) groups is 1. The quantitative estimate of drug-likeness (QED) is 0.856. The van der Waals surface area contributed by atoms with Crippen molar-refractivity contribution in [2.75, 3.05) is 13.1 Å². The van der Waals surface area contributed by atoms with Crippen LogP contribution in [-0.2, 0) is 17.1 Å². The Hall–Kier alpha value is -2.26. The number of aryl methyl sites for hydroxylation is 2. The molecular weight excluding hydrogens is 371 g/mol. The smallest absolute Gasteiger partial charge is 0.256 e. The fourth-order valence-electron chi connectivity index (χ4n) is 3.43. The second-order valence-electron chi connectivity index (χ2n) is 6.79. The minimum absolute atomic E-state index is 0.0399. The molecule has 1 saturated heterocycles. The van der Waals surface area contributed by atoms with Gasteiger partial charge in [0.2, 0.25) is 10.0 Å². The maximum atomic E-state index is 13.8. The van der Waals surface area contributed by atoms with Crippen LogP contribution in [0.2, 0.25) is 0 Å². The Morgan fingerprint density at radius 1 is 1.22 bits per heavy atom. The van der Waals surface area contributed by atoms with Crippen LogP contribution in [0.3, 0.4) is 0 Å². The zero-order valence-electron chi connectivity index (χ0n) is 15.6. The van der Waals surface area contributed by atoms with Crippen LogP contribution in [0.4, 0.5) is 4.39 Å². The first-order valence-corrected chi connectivity index (χ1v) is 10.3. The van der Waals surface area contributed by atoms with Crippen molar-refractivity contribution in [2.24, 2.45) is 7.05 Å². The van der Waals surface area contributed by atoms with Gasteiger partial charge in [-0.15, -0.1) is 0 Å². The third-order valence-corrected chi connectivity index (χ3v) is 6.69. The molecule has 0 aliphatic carbocycles. The van der Waals surface area contributed by atoms with Crippen molar-refractivity contribution in [3.8, 4) is 0 Å². The van der Waals surface area contributed by atoms with Gasteiger partial charge in [-0.3, -0.25) is 9.48 Å². The molecule has 1 fully saturated rings. The summed E-state index contributed by atoms with van der Waals surface area (Å²) in [5.41, 5.74) is 1.07. The van der Waals surface area contributed by atoms with Crippen molar-refractivity contribution in [3.05, 3.63) is 47.0 Å². The number of aromatic nitrogens is 2. The van der Waals surface area contributed by atoms with Crippen LogP contribution in [0.1, 0.15) is 34.6 Å². The number of hydrogen-bond acceptors (Lipinski definition) is 4. The number of likely N-dealkylation sites (tertiary alicyclic amines) is 1. The fraction of sp³-hybridized carbons (Fsp3) is 0.444. The number of benzene rings is 1. The lowest BCUT2D eigenvalue weighted by molar-refractivity contribution is 0.0706. The average Bonchev–Trinajstić information content (AvgIpc) is 2.88. The number of halogens is 1. The molecule has 0 saturated carbocycles. The van der Waals surface area contributed by atoms with E-state index in [1.807, 2.05) is 0 Å². The molecule has 9 heteroatoms. The summed E-state index contributed by atoms with van der Waals surface area (Å²) in [5.74, 6) is -0.916. The Bertz CT molecular complexity index is 963. The molecule has 1 N–H and O–H groups in total. The highest BCUT2D eigenvalue weighted by Crippen LogP contribution is 2.21. The number of piperidine rings is 1. The molecule has 0 bridgehead atoms. The summed E-state index contributed by atoms with van der Waals surface area (Å²) in [6.07, 6.45) is 0.940. The van der Waals surface area contributed by atoms with Crippen LogP contribution in [0.5, 0.6) is 0 Å². The van der Waals surface area contributed by atoms with Gasteiger partial charge in [0.05, 0.1) is 17.0 Å². The van der Waals surface area contributed by atoms with E-state index in [2.05, 4.69) is 9.82 Å². The van der Waals surface area contributed by atoms with Crippen LogP contribution in [0.15, 0.2) is 29.2 Å². The molecule has 0 spiro atoms. The molecule has 1 aliphatic heterocycles. The largest absolute Gasteiger partial charge is 0.338 e. The topological polar surface area (TPSA) is 84.3 Å². The fourth-order valence-corrected chi connectivity index (χ4v) is 5.17. The molecule has 2 aromatic rings. The highest BCUT2D eigenvalue weighted by molar-refractivity contribution is 7.89. The van der Waals surface area contributed by atoms with Gasteiger partial charge in [-0.25, -0.2) is 17.5 Å². The molecule has 27 heavy (non-hydrogen) atoms. The van der Waals surface area contributed by atoms with Crippen LogP contribution in [-0.4, -0.2) is 48.1 Å². The van der Waals surface area contributed by atoms with Gasteiger partial charge in [0.1, 0.15) is 10.7 Å². The Morgan fingerprint density at radius 2 is 1.85 bits per heavy atom. The number of rotatable bonds is 4. The minimum atomic E-state index is -3.69. The van der Waals surface area contributed by atoms with Crippen molar-refractivity contribution < 1.29 is 17.6 Å².